The third kappa shape index (κ3) is 9.05. The van der Waals surface area contributed by atoms with E-state index in [2.05, 4.69) is 20.7 Å². The van der Waals surface area contributed by atoms with Crippen LogP contribution in [0.5, 0.6) is 0 Å². The lowest BCUT2D eigenvalue weighted by Crippen LogP contribution is -2.52. The standard InChI is InChI=1S/C29H47FN4O5/c1-21-9-10-23(30)18-25(21)26(39-17-15-32-28(36)37-3)22-8-7-16-34(20-22)27(35)33-24(19-31-2)11-14-29(38-4)12-5-6-13-29/h9-10,18,22,24,26,31H,5-8,11-17,19-20H2,1-4H3,(H,32,36)(H,33,35)/t22-,24+,26-/m1/s1. The molecule has 0 spiro atoms. The molecule has 3 amide bonds. The normalized spacial score (nSPS) is 20.3. The second-order valence-corrected chi connectivity index (χ2v) is 10.9. The van der Waals surface area contributed by atoms with Gasteiger partial charge in [0.2, 0.25) is 0 Å². The summed E-state index contributed by atoms with van der Waals surface area (Å²) in [4.78, 5) is 26.7. The van der Waals surface area contributed by atoms with E-state index in [1.807, 2.05) is 18.9 Å². The van der Waals surface area contributed by atoms with Gasteiger partial charge >= 0.3 is 12.1 Å². The first-order valence-electron chi connectivity index (χ1n) is 14.3. The number of nitrogens with one attached hydrogen (secondary N) is 3. The van der Waals surface area contributed by atoms with Crippen LogP contribution in [0.15, 0.2) is 18.2 Å². The summed E-state index contributed by atoms with van der Waals surface area (Å²) >= 11 is 0. The monoisotopic (exact) mass is 550 g/mol. The van der Waals surface area contributed by atoms with Gasteiger partial charge < -0.3 is 35.1 Å². The van der Waals surface area contributed by atoms with E-state index in [0.29, 0.717) is 19.6 Å². The number of alkyl carbamates (subject to hydrolysis) is 1. The van der Waals surface area contributed by atoms with Gasteiger partial charge in [0.25, 0.3) is 0 Å². The minimum atomic E-state index is -0.530. The zero-order chi connectivity index (χ0) is 28.3. The molecule has 10 heteroatoms. The van der Waals surface area contributed by atoms with Crippen molar-refractivity contribution in [1.29, 1.82) is 0 Å². The van der Waals surface area contributed by atoms with E-state index < -0.39 is 12.2 Å². The summed E-state index contributed by atoms with van der Waals surface area (Å²) in [5.41, 5.74) is 1.63. The molecule has 1 saturated heterocycles. The van der Waals surface area contributed by atoms with Gasteiger partial charge in [0.05, 0.1) is 25.4 Å². The van der Waals surface area contributed by atoms with Gasteiger partial charge in [-0.15, -0.1) is 0 Å². The van der Waals surface area contributed by atoms with E-state index in [0.717, 1.165) is 49.7 Å². The summed E-state index contributed by atoms with van der Waals surface area (Å²) in [6, 6.07) is 4.62. The number of urea groups is 1. The largest absolute Gasteiger partial charge is 0.453 e. The lowest BCUT2D eigenvalue weighted by Gasteiger charge is -2.38. The van der Waals surface area contributed by atoms with E-state index in [1.165, 1.54) is 32.1 Å². The molecule has 1 aromatic carbocycles. The highest BCUT2D eigenvalue weighted by Gasteiger charge is 2.35. The van der Waals surface area contributed by atoms with Crippen molar-refractivity contribution in [2.75, 3.05) is 54.1 Å². The third-order valence-corrected chi connectivity index (χ3v) is 8.25. The maximum atomic E-state index is 14.3. The highest BCUT2D eigenvalue weighted by atomic mass is 19.1. The molecule has 39 heavy (non-hydrogen) atoms. The van der Waals surface area contributed by atoms with Crippen molar-refractivity contribution < 1.29 is 28.2 Å². The molecular weight excluding hydrogens is 503 g/mol. The van der Waals surface area contributed by atoms with E-state index in [1.54, 1.807) is 13.2 Å². The molecule has 9 nitrogen and oxygen atoms in total. The van der Waals surface area contributed by atoms with E-state index in [-0.39, 0.29) is 42.6 Å². The Morgan fingerprint density at radius 2 is 1.97 bits per heavy atom. The number of carbonyl (C=O) groups is 2. The van der Waals surface area contributed by atoms with Crippen LogP contribution >= 0.6 is 0 Å². The number of likely N-dealkylation sites (N-methyl/N-ethyl adjacent to an activating group) is 1. The number of halogens is 1. The number of rotatable bonds is 13. The molecule has 1 aliphatic carbocycles. The highest BCUT2D eigenvalue weighted by Crippen LogP contribution is 2.37. The van der Waals surface area contributed by atoms with Crippen molar-refractivity contribution in [2.45, 2.75) is 76.0 Å². The van der Waals surface area contributed by atoms with Crippen LogP contribution in [0, 0.1) is 18.7 Å². The second kappa shape index (κ2) is 15.4. The molecule has 1 aromatic rings. The van der Waals surface area contributed by atoms with Crippen molar-refractivity contribution in [1.82, 2.24) is 20.9 Å². The summed E-state index contributed by atoms with van der Waals surface area (Å²) in [6.07, 6.45) is 7.05. The number of amides is 3. The quantitative estimate of drug-likeness (QED) is 0.317. The molecular formula is C29H47FN4O5. The van der Waals surface area contributed by atoms with Crippen molar-refractivity contribution >= 4 is 12.1 Å². The second-order valence-electron chi connectivity index (χ2n) is 10.9. The number of nitrogens with zero attached hydrogens (tertiary/aromatic N) is 1. The number of carbonyl (C=O) groups excluding carboxylic acids is 2. The van der Waals surface area contributed by atoms with Gasteiger partial charge in [-0.25, -0.2) is 14.0 Å². The lowest BCUT2D eigenvalue weighted by molar-refractivity contribution is -0.0151. The average molecular weight is 551 g/mol. The fourth-order valence-electron chi connectivity index (χ4n) is 6.00. The zero-order valence-corrected chi connectivity index (χ0v) is 24.0. The Kier molecular flexibility index (Phi) is 12.3. The van der Waals surface area contributed by atoms with Gasteiger partial charge in [-0.05, 0) is 75.8 Å². The minimum absolute atomic E-state index is 0.00240. The van der Waals surface area contributed by atoms with Crippen LogP contribution in [-0.4, -0.2) is 82.7 Å². The van der Waals surface area contributed by atoms with Gasteiger partial charge in [-0.2, -0.15) is 0 Å². The van der Waals surface area contributed by atoms with Crippen LogP contribution in [0.4, 0.5) is 14.0 Å². The summed E-state index contributed by atoms with van der Waals surface area (Å²) in [5.74, 6) is -0.338. The average Bonchev–Trinajstić information content (AvgIpc) is 3.43. The number of likely N-dealkylation sites (tertiary alicyclic amines) is 1. The predicted molar refractivity (Wildman–Crippen MR) is 148 cm³/mol. The SMILES string of the molecule is CNC[C@H](CCC1(OC)CCCC1)NC(=O)N1CCC[C@@H]([C@@H](OCCNC(=O)OC)c2cc(F)ccc2C)C1. The number of benzene rings is 1. The Bertz CT molecular complexity index is 927. The van der Waals surface area contributed by atoms with Crippen molar-refractivity contribution in [3.8, 4) is 0 Å². The Hall–Kier alpha value is -2.43. The molecule has 2 fully saturated rings. The van der Waals surface area contributed by atoms with Crippen LogP contribution in [0.2, 0.25) is 0 Å². The molecule has 1 aliphatic heterocycles. The van der Waals surface area contributed by atoms with Crippen molar-refractivity contribution in [2.24, 2.45) is 5.92 Å². The van der Waals surface area contributed by atoms with E-state index in [9.17, 15) is 14.0 Å². The fourth-order valence-corrected chi connectivity index (χ4v) is 6.00. The van der Waals surface area contributed by atoms with Gasteiger partial charge in [0, 0.05) is 45.2 Å². The highest BCUT2D eigenvalue weighted by molar-refractivity contribution is 5.74. The first kappa shape index (κ1) is 31.1. The lowest BCUT2D eigenvalue weighted by atomic mass is 9.86. The molecule has 3 rings (SSSR count). The van der Waals surface area contributed by atoms with Gasteiger partial charge in [-0.1, -0.05) is 18.9 Å². The molecule has 0 unspecified atom stereocenters. The van der Waals surface area contributed by atoms with Gasteiger partial charge in [0.1, 0.15) is 5.82 Å². The Morgan fingerprint density at radius 3 is 2.67 bits per heavy atom. The van der Waals surface area contributed by atoms with Crippen LogP contribution in [0.1, 0.15) is 68.6 Å². The van der Waals surface area contributed by atoms with Crippen LogP contribution in [-0.2, 0) is 14.2 Å². The molecule has 0 bridgehead atoms. The summed E-state index contributed by atoms with van der Waals surface area (Å²) < 4.78 is 31.0. The number of piperidine rings is 1. The smallest absolute Gasteiger partial charge is 0.406 e. The fraction of sp³-hybridized carbons (Fsp3) is 0.724. The van der Waals surface area contributed by atoms with Crippen LogP contribution < -0.4 is 16.0 Å². The predicted octanol–water partition coefficient (Wildman–Crippen LogP) is 4.30. The van der Waals surface area contributed by atoms with Gasteiger partial charge in [-0.3, -0.25) is 0 Å². The maximum absolute atomic E-state index is 14.3. The van der Waals surface area contributed by atoms with E-state index in [4.69, 9.17) is 9.47 Å². The molecule has 1 heterocycles. The molecule has 0 aromatic heterocycles. The number of aryl methyl sites for hydroxylation is 1. The summed E-state index contributed by atoms with van der Waals surface area (Å²) in [7, 11) is 5.01. The molecule has 2 aliphatic rings. The van der Waals surface area contributed by atoms with E-state index >= 15 is 0 Å². The van der Waals surface area contributed by atoms with Crippen molar-refractivity contribution in [3.63, 3.8) is 0 Å². The number of hydrogen-bond acceptors (Lipinski definition) is 6. The Balaban J connectivity index is 1.65. The van der Waals surface area contributed by atoms with Crippen LogP contribution in [0.3, 0.4) is 0 Å². The molecule has 220 valence electrons. The minimum Gasteiger partial charge on any atom is -0.453 e. The van der Waals surface area contributed by atoms with Gasteiger partial charge in [0.15, 0.2) is 0 Å². The summed E-state index contributed by atoms with van der Waals surface area (Å²) in [6.45, 7) is 4.29. The Labute approximate surface area is 232 Å². The molecule has 3 atom stereocenters. The third-order valence-electron chi connectivity index (χ3n) is 8.25. The Morgan fingerprint density at radius 1 is 1.21 bits per heavy atom. The molecule has 1 saturated carbocycles. The number of hydrogen-bond donors (Lipinski definition) is 3. The molecule has 3 N–H and O–H groups in total. The topological polar surface area (TPSA) is 101 Å². The number of methoxy groups -OCH3 is 2. The van der Waals surface area contributed by atoms with Crippen LogP contribution in [0.25, 0.3) is 0 Å². The first-order chi connectivity index (χ1) is 18.8. The first-order valence-corrected chi connectivity index (χ1v) is 14.3. The van der Waals surface area contributed by atoms with Crippen molar-refractivity contribution in [3.05, 3.63) is 35.1 Å². The zero-order valence-electron chi connectivity index (χ0n) is 24.0. The summed E-state index contributed by atoms with van der Waals surface area (Å²) in [5, 5.41) is 9.08. The maximum Gasteiger partial charge on any atom is 0.406 e. The molecule has 0 radical (unpaired) electrons. The number of ether oxygens (including phenoxy) is 3.